The molecule has 0 radical (unpaired) electrons. The Labute approximate surface area is 173 Å². The topological polar surface area (TPSA) is 76.1 Å². The Balaban J connectivity index is 1.80. The zero-order valence-corrected chi connectivity index (χ0v) is 16.5. The fourth-order valence-corrected chi connectivity index (χ4v) is 3.97. The summed E-state index contributed by atoms with van der Waals surface area (Å²) in [7, 11) is 1.53. The number of carbonyl (C=O) groups is 2. The number of nitrogens with zero attached hydrogens (tertiary/aromatic N) is 1. The van der Waals surface area contributed by atoms with Crippen LogP contribution in [-0.4, -0.2) is 48.1 Å². The van der Waals surface area contributed by atoms with Crippen molar-refractivity contribution < 1.29 is 28.6 Å². The lowest BCUT2D eigenvalue weighted by molar-refractivity contribution is -0.140. The molecule has 0 saturated carbocycles. The second kappa shape index (κ2) is 8.28. The summed E-state index contributed by atoms with van der Waals surface area (Å²) >= 11 is 0. The van der Waals surface area contributed by atoms with E-state index < -0.39 is 23.5 Å². The number of Topliss-reactive ketones (excluding diaryl/α,β-unsaturated/α-hetero) is 1. The number of amides is 1. The van der Waals surface area contributed by atoms with Crippen LogP contribution in [0.3, 0.4) is 0 Å². The van der Waals surface area contributed by atoms with Gasteiger partial charge in [-0.2, -0.15) is 0 Å². The molecule has 2 aliphatic rings. The zero-order chi connectivity index (χ0) is 21.3. The first-order valence-corrected chi connectivity index (χ1v) is 9.79. The predicted octanol–water partition coefficient (Wildman–Crippen LogP) is 3.44. The predicted molar refractivity (Wildman–Crippen MR) is 107 cm³/mol. The first-order chi connectivity index (χ1) is 14.5. The molecule has 2 atom stereocenters. The average molecular weight is 411 g/mol. The van der Waals surface area contributed by atoms with E-state index in [4.69, 9.17) is 9.47 Å². The summed E-state index contributed by atoms with van der Waals surface area (Å²) in [6.07, 6.45) is 1.51. The molecule has 2 saturated heterocycles. The first-order valence-electron chi connectivity index (χ1n) is 9.79. The molecular formula is C23H22FNO5. The molecule has 0 aromatic heterocycles. The van der Waals surface area contributed by atoms with Gasteiger partial charge in [-0.1, -0.05) is 12.1 Å². The lowest BCUT2D eigenvalue weighted by Gasteiger charge is -2.27. The van der Waals surface area contributed by atoms with Crippen molar-refractivity contribution >= 4 is 17.4 Å². The van der Waals surface area contributed by atoms with E-state index in [2.05, 4.69) is 0 Å². The van der Waals surface area contributed by atoms with E-state index in [9.17, 15) is 19.1 Å². The van der Waals surface area contributed by atoms with Crippen LogP contribution >= 0.6 is 0 Å². The van der Waals surface area contributed by atoms with Crippen LogP contribution in [0, 0.1) is 5.82 Å². The van der Waals surface area contributed by atoms with Crippen LogP contribution in [0.15, 0.2) is 54.1 Å². The SMILES string of the molecule is COc1ccc(/C(O)=C2\C(=O)C(=O)N(C[C@@H]3CCCO3)[C@@H]2c2ccc(F)cc2)cc1. The highest BCUT2D eigenvalue weighted by molar-refractivity contribution is 6.46. The molecule has 156 valence electrons. The Morgan fingerprint density at radius 3 is 2.47 bits per heavy atom. The van der Waals surface area contributed by atoms with Crippen molar-refractivity contribution in [3.05, 3.63) is 71.0 Å². The van der Waals surface area contributed by atoms with Crippen molar-refractivity contribution in [1.82, 2.24) is 4.90 Å². The minimum atomic E-state index is -0.822. The van der Waals surface area contributed by atoms with Gasteiger partial charge in [0.2, 0.25) is 0 Å². The van der Waals surface area contributed by atoms with Gasteiger partial charge in [-0.05, 0) is 54.8 Å². The van der Waals surface area contributed by atoms with Crippen LogP contribution in [0.4, 0.5) is 4.39 Å². The molecule has 0 aliphatic carbocycles. The number of benzene rings is 2. The van der Waals surface area contributed by atoms with E-state index in [0.29, 0.717) is 23.5 Å². The summed E-state index contributed by atoms with van der Waals surface area (Å²) < 4.78 is 24.3. The van der Waals surface area contributed by atoms with Gasteiger partial charge in [0, 0.05) is 18.7 Å². The number of hydrogen-bond donors (Lipinski definition) is 1. The monoisotopic (exact) mass is 411 g/mol. The highest BCUT2D eigenvalue weighted by Crippen LogP contribution is 2.40. The Kier molecular flexibility index (Phi) is 5.55. The molecule has 0 unspecified atom stereocenters. The van der Waals surface area contributed by atoms with Gasteiger partial charge in [-0.25, -0.2) is 4.39 Å². The largest absolute Gasteiger partial charge is 0.507 e. The number of aliphatic hydroxyl groups is 1. The molecule has 2 aromatic rings. The number of carbonyl (C=O) groups excluding carboxylic acids is 2. The maximum atomic E-state index is 13.5. The molecule has 2 aliphatic heterocycles. The van der Waals surface area contributed by atoms with Gasteiger partial charge in [-0.15, -0.1) is 0 Å². The molecule has 2 aromatic carbocycles. The van der Waals surface area contributed by atoms with Crippen LogP contribution in [0.2, 0.25) is 0 Å². The molecule has 1 N–H and O–H groups in total. The molecule has 0 bridgehead atoms. The van der Waals surface area contributed by atoms with Gasteiger partial charge in [0.1, 0.15) is 17.3 Å². The number of rotatable bonds is 5. The zero-order valence-electron chi connectivity index (χ0n) is 16.5. The van der Waals surface area contributed by atoms with Crippen LogP contribution in [0.1, 0.15) is 30.0 Å². The fraction of sp³-hybridized carbons (Fsp3) is 0.304. The van der Waals surface area contributed by atoms with Crippen LogP contribution in [0.5, 0.6) is 5.75 Å². The minimum Gasteiger partial charge on any atom is -0.507 e. The Morgan fingerprint density at radius 2 is 1.87 bits per heavy atom. The van der Waals surface area contributed by atoms with Gasteiger partial charge in [0.15, 0.2) is 0 Å². The number of ketones is 1. The lowest BCUT2D eigenvalue weighted by atomic mass is 9.95. The maximum Gasteiger partial charge on any atom is 0.295 e. The molecule has 30 heavy (non-hydrogen) atoms. The first kappa shape index (κ1) is 20.1. The molecular weight excluding hydrogens is 389 g/mol. The highest BCUT2D eigenvalue weighted by Gasteiger charge is 2.47. The summed E-state index contributed by atoms with van der Waals surface area (Å²) in [6, 6.07) is 11.3. The Hall–Kier alpha value is -3.19. The smallest absolute Gasteiger partial charge is 0.295 e. The maximum absolute atomic E-state index is 13.5. The van der Waals surface area contributed by atoms with Crippen molar-refractivity contribution in [3.63, 3.8) is 0 Å². The number of aliphatic hydroxyl groups excluding tert-OH is 1. The third kappa shape index (κ3) is 3.68. The van der Waals surface area contributed by atoms with E-state index in [1.54, 1.807) is 24.3 Å². The molecule has 0 spiro atoms. The van der Waals surface area contributed by atoms with Gasteiger partial charge < -0.3 is 19.5 Å². The van der Waals surface area contributed by atoms with E-state index in [1.807, 2.05) is 0 Å². The van der Waals surface area contributed by atoms with Crippen molar-refractivity contribution in [2.45, 2.75) is 25.0 Å². The number of ether oxygens (including phenoxy) is 2. The second-order valence-corrected chi connectivity index (χ2v) is 7.37. The van der Waals surface area contributed by atoms with E-state index in [0.717, 1.165) is 12.8 Å². The Morgan fingerprint density at radius 1 is 1.17 bits per heavy atom. The van der Waals surface area contributed by atoms with Gasteiger partial charge in [0.25, 0.3) is 11.7 Å². The van der Waals surface area contributed by atoms with Crippen LogP contribution in [0.25, 0.3) is 5.76 Å². The van der Waals surface area contributed by atoms with E-state index >= 15 is 0 Å². The minimum absolute atomic E-state index is 0.0187. The normalized spacial score (nSPS) is 23.2. The number of likely N-dealkylation sites (tertiary alicyclic amines) is 1. The fourth-order valence-electron chi connectivity index (χ4n) is 3.97. The van der Waals surface area contributed by atoms with E-state index in [1.165, 1.54) is 36.3 Å². The number of hydrogen-bond acceptors (Lipinski definition) is 5. The molecule has 7 heteroatoms. The quantitative estimate of drug-likeness (QED) is 0.463. The van der Waals surface area contributed by atoms with Gasteiger partial charge in [-0.3, -0.25) is 9.59 Å². The van der Waals surface area contributed by atoms with Gasteiger partial charge in [0.05, 0.1) is 24.8 Å². The number of methoxy groups -OCH3 is 1. The number of halogens is 1. The summed E-state index contributed by atoms with van der Waals surface area (Å²) in [5.74, 6) is -1.57. The molecule has 4 rings (SSSR count). The van der Waals surface area contributed by atoms with Crippen molar-refractivity contribution in [3.8, 4) is 5.75 Å². The molecule has 6 nitrogen and oxygen atoms in total. The Bertz CT molecular complexity index is 978. The summed E-state index contributed by atoms with van der Waals surface area (Å²) in [5, 5.41) is 11.0. The molecule has 2 heterocycles. The highest BCUT2D eigenvalue weighted by atomic mass is 19.1. The summed E-state index contributed by atoms with van der Waals surface area (Å²) in [5.41, 5.74) is 0.913. The average Bonchev–Trinajstić information content (AvgIpc) is 3.36. The van der Waals surface area contributed by atoms with Crippen molar-refractivity contribution in [2.24, 2.45) is 0 Å². The molecule has 1 amide bonds. The third-order valence-corrected chi connectivity index (χ3v) is 5.51. The van der Waals surface area contributed by atoms with E-state index in [-0.39, 0.29) is 24.0 Å². The van der Waals surface area contributed by atoms with Crippen molar-refractivity contribution in [2.75, 3.05) is 20.3 Å². The third-order valence-electron chi connectivity index (χ3n) is 5.51. The summed E-state index contributed by atoms with van der Waals surface area (Å²) in [6.45, 7) is 0.841. The van der Waals surface area contributed by atoms with Crippen molar-refractivity contribution in [1.29, 1.82) is 0 Å². The van der Waals surface area contributed by atoms with Crippen LogP contribution in [-0.2, 0) is 14.3 Å². The standard InChI is InChI=1S/C23H22FNO5/c1-29-17-10-6-15(7-11-17)21(26)19-20(14-4-8-16(24)9-5-14)25(23(28)22(19)27)13-18-3-2-12-30-18/h4-11,18,20,26H,2-3,12-13H2,1H3/b21-19+/t18-,20+/m0/s1. The van der Waals surface area contributed by atoms with Crippen LogP contribution < -0.4 is 4.74 Å². The summed E-state index contributed by atoms with van der Waals surface area (Å²) in [4.78, 5) is 27.2. The lowest BCUT2D eigenvalue weighted by Crippen LogP contribution is -2.36. The van der Waals surface area contributed by atoms with Gasteiger partial charge >= 0.3 is 0 Å². The molecule has 2 fully saturated rings. The second-order valence-electron chi connectivity index (χ2n) is 7.37.